The van der Waals surface area contributed by atoms with Gasteiger partial charge in [0.25, 0.3) is 0 Å². The number of hydrogen-bond donors (Lipinski definition) is 2. The van der Waals surface area contributed by atoms with Crippen molar-refractivity contribution in [2.45, 2.75) is 51.0 Å². The normalized spacial score (nSPS) is 27.9. The average Bonchev–Trinajstić information content (AvgIpc) is 2.25. The first-order chi connectivity index (χ1) is 7.95. The van der Waals surface area contributed by atoms with Crippen LogP contribution in [0.2, 0.25) is 0 Å². The highest BCUT2D eigenvalue weighted by molar-refractivity contribution is 7.90. The van der Waals surface area contributed by atoms with Crippen LogP contribution in [0.3, 0.4) is 0 Å². The van der Waals surface area contributed by atoms with Crippen LogP contribution in [0.5, 0.6) is 0 Å². The Labute approximate surface area is 104 Å². The van der Waals surface area contributed by atoms with Crippen molar-refractivity contribution in [3.63, 3.8) is 0 Å². The molecule has 0 radical (unpaired) electrons. The molecule has 6 heteroatoms. The quantitative estimate of drug-likeness (QED) is 0.732. The summed E-state index contributed by atoms with van der Waals surface area (Å²) in [6.07, 6.45) is 1.66. The molecule has 1 rings (SSSR count). The molecule has 1 heterocycles. The van der Waals surface area contributed by atoms with Crippen LogP contribution in [0.15, 0.2) is 0 Å². The fraction of sp³-hybridized carbons (Fsp3) is 1.00. The summed E-state index contributed by atoms with van der Waals surface area (Å²) >= 11 is 0. The van der Waals surface area contributed by atoms with Crippen molar-refractivity contribution < 1.29 is 13.2 Å². The second-order valence-electron chi connectivity index (χ2n) is 4.68. The first-order valence-electron chi connectivity index (χ1n) is 6.29. The van der Waals surface area contributed by atoms with Crippen LogP contribution in [0, 0.1) is 0 Å². The molecule has 2 N–H and O–H groups in total. The van der Waals surface area contributed by atoms with Crippen LogP contribution >= 0.6 is 0 Å². The Morgan fingerprint density at radius 1 is 1.47 bits per heavy atom. The molecule has 5 nitrogen and oxygen atoms in total. The van der Waals surface area contributed by atoms with E-state index in [9.17, 15) is 8.42 Å². The zero-order chi connectivity index (χ0) is 12.9. The van der Waals surface area contributed by atoms with Gasteiger partial charge < -0.3 is 10.1 Å². The van der Waals surface area contributed by atoms with Crippen molar-refractivity contribution in [1.29, 1.82) is 0 Å². The molecule has 0 aromatic carbocycles. The topological polar surface area (TPSA) is 67.4 Å². The van der Waals surface area contributed by atoms with E-state index in [2.05, 4.69) is 10.0 Å². The van der Waals surface area contributed by atoms with E-state index < -0.39 is 15.3 Å². The highest BCUT2D eigenvalue weighted by atomic mass is 32.2. The van der Waals surface area contributed by atoms with E-state index in [1.165, 1.54) is 0 Å². The van der Waals surface area contributed by atoms with Crippen LogP contribution in [-0.2, 0) is 14.8 Å². The third-order valence-electron chi connectivity index (χ3n) is 3.03. The molecule has 0 aliphatic carbocycles. The SMILES string of the molecule is CCNCC(C)S(=O)(=O)NC1CCOC(C)C1. The summed E-state index contributed by atoms with van der Waals surface area (Å²) < 4.78 is 32.2. The van der Waals surface area contributed by atoms with E-state index >= 15 is 0 Å². The van der Waals surface area contributed by atoms with Gasteiger partial charge in [-0.2, -0.15) is 0 Å². The summed E-state index contributed by atoms with van der Waals surface area (Å²) in [5.41, 5.74) is 0. The van der Waals surface area contributed by atoms with E-state index in [-0.39, 0.29) is 12.1 Å². The Bertz CT molecular complexity index is 319. The number of ether oxygens (including phenoxy) is 1. The lowest BCUT2D eigenvalue weighted by atomic mass is 10.1. The smallest absolute Gasteiger partial charge is 0.215 e. The molecular formula is C11H24N2O3S. The number of rotatable bonds is 6. The number of nitrogens with one attached hydrogen (secondary N) is 2. The van der Waals surface area contributed by atoms with Gasteiger partial charge in [0.15, 0.2) is 0 Å². The zero-order valence-electron chi connectivity index (χ0n) is 10.9. The molecule has 17 heavy (non-hydrogen) atoms. The zero-order valence-corrected chi connectivity index (χ0v) is 11.7. The van der Waals surface area contributed by atoms with E-state index in [1.807, 2.05) is 13.8 Å². The predicted molar refractivity (Wildman–Crippen MR) is 68.5 cm³/mol. The van der Waals surface area contributed by atoms with E-state index in [1.54, 1.807) is 6.92 Å². The maximum atomic E-state index is 12.0. The van der Waals surface area contributed by atoms with Gasteiger partial charge in [0.05, 0.1) is 11.4 Å². The van der Waals surface area contributed by atoms with Gasteiger partial charge in [-0.1, -0.05) is 6.92 Å². The lowest BCUT2D eigenvalue weighted by Crippen LogP contribution is -2.46. The monoisotopic (exact) mass is 264 g/mol. The van der Waals surface area contributed by atoms with Gasteiger partial charge in [-0.05, 0) is 33.2 Å². The molecule has 0 amide bonds. The third-order valence-corrected chi connectivity index (χ3v) is 4.92. The van der Waals surface area contributed by atoms with Crippen molar-refractivity contribution >= 4 is 10.0 Å². The van der Waals surface area contributed by atoms with Crippen LogP contribution in [-0.4, -0.2) is 45.5 Å². The lowest BCUT2D eigenvalue weighted by molar-refractivity contribution is 0.0173. The standard InChI is InChI=1S/C11H24N2O3S/c1-4-12-8-10(3)17(14,15)13-11-5-6-16-9(2)7-11/h9-13H,4-8H2,1-3H3. The molecule has 0 bridgehead atoms. The van der Waals surface area contributed by atoms with Gasteiger partial charge in [0.2, 0.25) is 10.0 Å². The maximum absolute atomic E-state index is 12.0. The largest absolute Gasteiger partial charge is 0.378 e. The number of sulfonamides is 1. The second kappa shape index (κ2) is 6.68. The Kier molecular flexibility index (Phi) is 5.85. The van der Waals surface area contributed by atoms with Crippen molar-refractivity contribution in [1.82, 2.24) is 10.0 Å². The minimum Gasteiger partial charge on any atom is -0.378 e. The van der Waals surface area contributed by atoms with Crippen LogP contribution in [0.25, 0.3) is 0 Å². The minimum atomic E-state index is -3.22. The van der Waals surface area contributed by atoms with E-state index in [0.717, 1.165) is 19.4 Å². The van der Waals surface area contributed by atoms with Crippen molar-refractivity contribution in [2.75, 3.05) is 19.7 Å². The Balaban J connectivity index is 2.47. The molecular weight excluding hydrogens is 240 g/mol. The third kappa shape index (κ3) is 4.91. The highest BCUT2D eigenvalue weighted by Gasteiger charge is 2.27. The summed E-state index contributed by atoms with van der Waals surface area (Å²) in [6, 6.07) is 0.0211. The number of hydrogen-bond acceptors (Lipinski definition) is 4. The lowest BCUT2D eigenvalue weighted by Gasteiger charge is -2.28. The molecule has 0 saturated carbocycles. The Morgan fingerprint density at radius 2 is 2.18 bits per heavy atom. The molecule has 1 aliphatic rings. The van der Waals surface area contributed by atoms with Crippen LogP contribution in [0.4, 0.5) is 0 Å². The molecule has 1 saturated heterocycles. The first-order valence-corrected chi connectivity index (χ1v) is 7.83. The van der Waals surface area contributed by atoms with Gasteiger partial charge in [0, 0.05) is 19.2 Å². The maximum Gasteiger partial charge on any atom is 0.215 e. The van der Waals surface area contributed by atoms with E-state index in [0.29, 0.717) is 13.2 Å². The fourth-order valence-corrected chi connectivity index (χ4v) is 3.16. The fourth-order valence-electron chi connectivity index (χ4n) is 1.91. The second-order valence-corrected chi connectivity index (χ2v) is 6.81. The molecule has 0 aromatic rings. The van der Waals surface area contributed by atoms with Gasteiger partial charge in [-0.3, -0.25) is 0 Å². The van der Waals surface area contributed by atoms with Crippen LogP contribution in [0.1, 0.15) is 33.6 Å². The van der Waals surface area contributed by atoms with Crippen molar-refractivity contribution in [2.24, 2.45) is 0 Å². The van der Waals surface area contributed by atoms with Crippen molar-refractivity contribution in [3.8, 4) is 0 Å². The van der Waals surface area contributed by atoms with Gasteiger partial charge in [-0.25, -0.2) is 13.1 Å². The summed E-state index contributed by atoms with van der Waals surface area (Å²) in [7, 11) is -3.22. The van der Waals surface area contributed by atoms with Gasteiger partial charge in [0.1, 0.15) is 0 Å². The Hall–Kier alpha value is -0.170. The molecule has 3 unspecified atom stereocenters. The van der Waals surface area contributed by atoms with Gasteiger partial charge in [-0.15, -0.1) is 0 Å². The highest BCUT2D eigenvalue weighted by Crippen LogP contribution is 2.14. The minimum absolute atomic E-state index is 0.0211. The average molecular weight is 264 g/mol. The Morgan fingerprint density at radius 3 is 2.76 bits per heavy atom. The molecule has 0 spiro atoms. The predicted octanol–water partition coefficient (Wildman–Crippen LogP) is 0.471. The summed E-state index contributed by atoms with van der Waals surface area (Å²) in [5.74, 6) is 0. The summed E-state index contributed by atoms with van der Waals surface area (Å²) in [6.45, 7) is 7.58. The van der Waals surface area contributed by atoms with Gasteiger partial charge >= 0.3 is 0 Å². The molecule has 102 valence electrons. The molecule has 1 aliphatic heterocycles. The summed E-state index contributed by atoms with van der Waals surface area (Å²) in [4.78, 5) is 0. The van der Waals surface area contributed by atoms with Crippen LogP contribution < -0.4 is 10.0 Å². The molecule has 1 fully saturated rings. The van der Waals surface area contributed by atoms with Crippen molar-refractivity contribution in [3.05, 3.63) is 0 Å². The molecule has 0 aromatic heterocycles. The first kappa shape index (κ1) is 14.9. The van der Waals surface area contributed by atoms with E-state index in [4.69, 9.17) is 4.74 Å². The summed E-state index contributed by atoms with van der Waals surface area (Å²) in [5, 5.41) is 2.65. The molecule has 3 atom stereocenters.